The lowest BCUT2D eigenvalue weighted by Crippen LogP contribution is -2.27. The third-order valence-electron chi connectivity index (χ3n) is 3.38. The highest BCUT2D eigenvalue weighted by Gasteiger charge is 2.10. The highest BCUT2D eigenvalue weighted by molar-refractivity contribution is 6.34. The van der Waals surface area contributed by atoms with Crippen LogP contribution < -0.4 is 10.6 Å². The number of hydrogen-bond donors (Lipinski definition) is 2. The summed E-state index contributed by atoms with van der Waals surface area (Å²) in [6.45, 7) is 4.63. The smallest absolute Gasteiger partial charge is 0.251 e. The second-order valence-electron chi connectivity index (χ2n) is 6.03. The quantitative estimate of drug-likeness (QED) is 0.755. The van der Waals surface area contributed by atoms with Gasteiger partial charge >= 0.3 is 0 Å². The lowest BCUT2D eigenvalue weighted by Gasteiger charge is -2.10. The molecule has 0 atom stereocenters. The summed E-state index contributed by atoms with van der Waals surface area (Å²) in [5.74, 6) is -0.148. The molecule has 0 aliphatic rings. The third-order valence-corrected chi connectivity index (χ3v) is 3.71. The monoisotopic (exact) mass is 356 g/mol. The molecule has 0 aliphatic heterocycles. The molecule has 0 bridgehead atoms. The molecule has 0 radical (unpaired) electrons. The van der Waals surface area contributed by atoms with Gasteiger partial charge in [0.25, 0.3) is 5.91 Å². The number of anilines is 1. The predicted molar refractivity (Wildman–Crippen MR) is 103 cm³/mol. The van der Waals surface area contributed by atoms with E-state index in [1.165, 1.54) is 6.08 Å². The number of rotatable bonds is 6. The first-order valence-corrected chi connectivity index (χ1v) is 8.45. The maximum atomic E-state index is 12.1. The van der Waals surface area contributed by atoms with E-state index in [1.54, 1.807) is 24.3 Å². The number of nitrogens with one attached hydrogen (secondary N) is 2. The van der Waals surface area contributed by atoms with Gasteiger partial charge in [0.15, 0.2) is 0 Å². The van der Waals surface area contributed by atoms with Crippen molar-refractivity contribution in [2.75, 3.05) is 11.9 Å². The Morgan fingerprint density at radius 1 is 1.12 bits per heavy atom. The average Bonchev–Trinajstić information content (AvgIpc) is 2.60. The molecule has 0 spiro atoms. The van der Waals surface area contributed by atoms with E-state index in [2.05, 4.69) is 10.6 Å². The molecule has 0 unspecified atom stereocenters. The summed E-state index contributed by atoms with van der Waals surface area (Å²) in [6, 6.07) is 14.3. The first-order chi connectivity index (χ1) is 12.0. The minimum absolute atomic E-state index is 0.194. The van der Waals surface area contributed by atoms with Crippen LogP contribution in [0.2, 0.25) is 5.02 Å². The number of carbonyl (C=O) groups excluding carboxylic acids is 2. The van der Waals surface area contributed by atoms with Crippen LogP contribution in [0.5, 0.6) is 0 Å². The van der Waals surface area contributed by atoms with Gasteiger partial charge in [-0.15, -0.1) is 0 Å². The number of halogens is 1. The van der Waals surface area contributed by atoms with E-state index in [4.69, 9.17) is 11.6 Å². The number of hydrogen-bond acceptors (Lipinski definition) is 2. The number of carbonyl (C=O) groups is 2. The van der Waals surface area contributed by atoms with E-state index in [-0.39, 0.29) is 11.8 Å². The first-order valence-electron chi connectivity index (χ1n) is 8.07. The van der Waals surface area contributed by atoms with Crippen molar-refractivity contribution in [3.8, 4) is 0 Å². The van der Waals surface area contributed by atoms with Crippen LogP contribution in [0.1, 0.15) is 29.8 Å². The van der Waals surface area contributed by atoms with E-state index >= 15 is 0 Å². The van der Waals surface area contributed by atoms with Gasteiger partial charge in [-0.1, -0.05) is 55.8 Å². The average molecular weight is 357 g/mol. The zero-order valence-electron chi connectivity index (χ0n) is 14.3. The van der Waals surface area contributed by atoms with Crippen molar-refractivity contribution >= 4 is 35.2 Å². The summed E-state index contributed by atoms with van der Waals surface area (Å²) in [5, 5.41) is 5.92. The Labute approximate surface area is 152 Å². The van der Waals surface area contributed by atoms with Crippen molar-refractivity contribution in [2.24, 2.45) is 5.92 Å². The minimum Gasteiger partial charge on any atom is -0.352 e. The molecule has 0 aromatic heterocycles. The van der Waals surface area contributed by atoms with Crippen LogP contribution in [0.15, 0.2) is 54.6 Å². The molecule has 0 heterocycles. The standard InChI is InChI=1S/C20H21ClN2O2/c1-14(2)13-22-20(25)16-9-10-17(21)18(12-16)23-19(24)11-8-15-6-4-3-5-7-15/h3-12,14H,13H2,1-2H3,(H,22,25)(H,23,24)/b11-8+. The second-order valence-corrected chi connectivity index (χ2v) is 6.44. The number of amides is 2. The lowest BCUT2D eigenvalue weighted by molar-refractivity contribution is -0.111. The van der Waals surface area contributed by atoms with Crippen molar-refractivity contribution in [1.82, 2.24) is 5.32 Å². The Balaban J connectivity index is 2.05. The van der Waals surface area contributed by atoms with Crippen molar-refractivity contribution in [2.45, 2.75) is 13.8 Å². The van der Waals surface area contributed by atoms with Gasteiger partial charge in [-0.3, -0.25) is 9.59 Å². The molecule has 2 aromatic carbocycles. The van der Waals surface area contributed by atoms with Gasteiger partial charge in [0.1, 0.15) is 0 Å². The molecule has 2 amide bonds. The fourth-order valence-electron chi connectivity index (χ4n) is 2.07. The first kappa shape index (κ1) is 18.7. The summed E-state index contributed by atoms with van der Waals surface area (Å²) in [4.78, 5) is 24.2. The lowest BCUT2D eigenvalue weighted by atomic mass is 10.1. The Bertz CT molecular complexity index is 771. The molecular weight excluding hydrogens is 336 g/mol. The molecule has 4 nitrogen and oxygen atoms in total. The fraction of sp³-hybridized carbons (Fsp3) is 0.200. The third kappa shape index (κ3) is 6.08. The second kappa shape index (κ2) is 9.04. The molecule has 0 fully saturated rings. The minimum atomic E-state index is -0.314. The maximum absolute atomic E-state index is 12.1. The van der Waals surface area contributed by atoms with Gasteiger partial charge in [0.2, 0.25) is 5.91 Å². The highest BCUT2D eigenvalue weighted by Crippen LogP contribution is 2.23. The van der Waals surface area contributed by atoms with Crippen LogP contribution in [0, 0.1) is 5.92 Å². The van der Waals surface area contributed by atoms with Gasteiger partial charge in [-0.2, -0.15) is 0 Å². The SMILES string of the molecule is CC(C)CNC(=O)c1ccc(Cl)c(NC(=O)/C=C/c2ccccc2)c1. The summed E-state index contributed by atoms with van der Waals surface area (Å²) in [7, 11) is 0. The molecule has 2 rings (SSSR count). The molecule has 0 saturated carbocycles. The van der Waals surface area contributed by atoms with E-state index in [9.17, 15) is 9.59 Å². The van der Waals surface area contributed by atoms with E-state index in [1.807, 2.05) is 44.2 Å². The van der Waals surface area contributed by atoms with Crippen LogP contribution >= 0.6 is 11.6 Å². The number of benzene rings is 2. The van der Waals surface area contributed by atoms with Crippen LogP contribution in [0.3, 0.4) is 0 Å². The van der Waals surface area contributed by atoms with Gasteiger partial charge < -0.3 is 10.6 Å². The largest absolute Gasteiger partial charge is 0.352 e. The normalized spacial score (nSPS) is 10.9. The van der Waals surface area contributed by atoms with Crippen molar-refractivity contribution in [3.63, 3.8) is 0 Å². The molecule has 0 aliphatic carbocycles. The van der Waals surface area contributed by atoms with Crippen LogP contribution in [-0.4, -0.2) is 18.4 Å². The predicted octanol–water partition coefficient (Wildman–Crippen LogP) is 4.38. The summed E-state index contributed by atoms with van der Waals surface area (Å²) in [6.07, 6.45) is 3.14. The van der Waals surface area contributed by atoms with Crippen molar-refractivity contribution < 1.29 is 9.59 Å². The molecule has 130 valence electrons. The summed E-state index contributed by atoms with van der Waals surface area (Å²) in [5.41, 5.74) is 1.78. The van der Waals surface area contributed by atoms with Crippen LogP contribution in [0.4, 0.5) is 5.69 Å². The molecular formula is C20H21ClN2O2. The van der Waals surface area contributed by atoms with E-state index < -0.39 is 0 Å². The zero-order valence-corrected chi connectivity index (χ0v) is 15.0. The molecule has 25 heavy (non-hydrogen) atoms. The van der Waals surface area contributed by atoms with Crippen LogP contribution in [-0.2, 0) is 4.79 Å². The molecule has 2 aromatic rings. The Morgan fingerprint density at radius 3 is 2.52 bits per heavy atom. The Kier molecular flexibility index (Phi) is 6.78. The molecule has 5 heteroatoms. The van der Waals surface area contributed by atoms with Gasteiger partial charge in [0, 0.05) is 18.2 Å². The molecule has 2 N–H and O–H groups in total. The Hall–Kier alpha value is -2.59. The maximum Gasteiger partial charge on any atom is 0.251 e. The van der Waals surface area contributed by atoms with Gasteiger partial charge in [-0.25, -0.2) is 0 Å². The highest BCUT2D eigenvalue weighted by atomic mass is 35.5. The summed E-state index contributed by atoms with van der Waals surface area (Å²) >= 11 is 6.12. The van der Waals surface area contributed by atoms with Gasteiger partial charge in [0.05, 0.1) is 10.7 Å². The van der Waals surface area contributed by atoms with Gasteiger partial charge in [-0.05, 0) is 35.8 Å². The fourth-order valence-corrected chi connectivity index (χ4v) is 2.24. The van der Waals surface area contributed by atoms with E-state index in [0.717, 1.165) is 5.56 Å². The summed E-state index contributed by atoms with van der Waals surface area (Å²) < 4.78 is 0. The van der Waals surface area contributed by atoms with E-state index in [0.29, 0.717) is 28.7 Å². The zero-order chi connectivity index (χ0) is 18.2. The van der Waals surface area contributed by atoms with Crippen LogP contribution in [0.25, 0.3) is 6.08 Å². The topological polar surface area (TPSA) is 58.2 Å². The van der Waals surface area contributed by atoms with Crippen molar-refractivity contribution in [3.05, 3.63) is 70.8 Å². The molecule has 0 saturated heterocycles. The van der Waals surface area contributed by atoms with Crippen molar-refractivity contribution in [1.29, 1.82) is 0 Å². The Morgan fingerprint density at radius 2 is 1.84 bits per heavy atom.